The van der Waals surface area contributed by atoms with Crippen LogP contribution in [0, 0.1) is 11.3 Å². The minimum Gasteiger partial charge on any atom is -0.389 e. The summed E-state index contributed by atoms with van der Waals surface area (Å²) in [6.07, 6.45) is 3.16. The molecule has 2 aromatic rings. The lowest BCUT2D eigenvalue weighted by atomic mass is 9.74. The van der Waals surface area contributed by atoms with Gasteiger partial charge in [0.15, 0.2) is 0 Å². The molecule has 0 radical (unpaired) electrons. The SMILES string of the molecule is N#Cc1ccc(NC(=O)C[C@]2(O)CC[C@@H](c3ccccc3)CC2)cc1. The molecule has 0 saturated heterocycles. The van der Waals surface area contributed by atoms with Gasteiger partial charge in [0.1, 0.15) is 0 Å². The Morgan fingerprint density at radius 1 is 1.12 bits per heavy atom. The van der Waals surface area contributed by atoms with Gasteiger partial charge in [0.05, 0.1) is 23.7 Å². The first-order valence-corrected chi connectivity index (χ1v) is 8.65. The number of aliphatic hydroxyl groups is 1. The van der Waals surface area contributed by atoms with Crippen LogP contribution in [-0.4, -0.2) is 16.6 Å². The molecule has 1 aliphatic carbocycles. The lowest BCUT2D eigenvalue weighted by Crippen LogP contribution is -2.37. The van der Waals surface area contributed by atoms with Gasteiger partial charge in [-0.15, -0.1) is 0 Å². The van der Waals surface area contributed by atoms with Crippen LogP contribution in [0.3, 0.4) is 0 Å². The molecule has 0 spiro atoms. The Morgan fingerprint density at radius 2 is 1.76 bits per heavy atom. The highest BCUT2D eigenvalue weighted by molar-refractivity contribution is 5.91. The molecule has 0 heterocycles. The second-order valence-electron chi connectivity index (χ2n) is 6.82. The van der Waals surface area contributed by atoms with Gasteiger partial charge in [-0.2, -0.15) is 5.26 Å². The van der Waals surface area contributed by atoms with Crippen molar-refractivity contribution < 1.29 is 9.90 Å². The average molecular weight is 334 g/mol. The molecule has 3 rings (SSSR count). The standard InChI is InChI=1S/C21H22N2O2/c22-15-16-6-8-19(9-7-16)23-20(24)14-21(25)12-10-18(11-13-21)17-4-2-1-3-5-17/h1-9,18,25H,10-14H2,(H,23,24)/t18-,21+. The highest BCUT2D eigenvalue weighted by Gasteiger charge is 2.35. The minimum atomic E-state index is -0.929. The number of rotatable bonds is 4. The summed E-state index contributed by atoms with van der Waals surface area (Å²) < 4.78 is 0. The summed E-state index contributed by atoms with van der Waals surface area (Å²) in [5, 5.41) is 22.4. The zero-order chi connectivity index (χ0) is 17.7. The second-order valence-corrected chi connectivity index (χ2v) is 6.82. The molecular weight excluding hydrogens is 312 g/mol. The number of hydrogen-bond donors (Lipinski definition) is 2. The molecule has 2 aromatic carbocycles. The summed E-state index contributed by atoms with van der Waals surface area (Å²) in [5.41, 5.74) is 1.58. The van der Waals surface area contributed by atoms with Gasteiger partial charge in [0, 0.05) is 5.69 Å². The molecule has 0 aliphatic heterocycles. The fraction of sp³-hybridized carbons (Fsp3) is 0.333. The number of anilines is 1. The van der Waals surface area contributed by atoms with E-state index in [1.807, 2.05) is 24.3 Å². The third-order valence-electron chi connectivity index (χ3n) is 4.97. The van der Waals surface area contributed by atoms with Crippen LogP contribution in [0.4, 0.5) is 5.69 Å². The number of nitriles is 1. The summed E-state index contributed by atoms with van der Waals surface area (Å²) in [7, 11) is 0. The Hall–Kier alpha value is -2.64. The Kier molecular flexibility index (Phi) is 5.16. The Labute approximate surface area is 148 Å². The van der Waals surface area contributed by atoms with Crippen LogP contribution in [0.25, 0.3) is 0 Å². The van der Waals surface area contributed by atoms with Crippen LogP contribution in [0.15, 0.2) is 54.6 Å². The number of carbonyl (C=O) groups excluding carboxylic acids is 1. The van der Waals surface area contributed by atoms with Gasteiger partial charge < -0.3 is 10.4 Å². The van der Waals surface area contributed by atoms with Gasteiger partial charge >= 0.3 is 0 Å². The molecule has 1 saturated carbocycles. The number of amides is 1. The number of carbonyl (C=O) groups is 1. The van der Waals surface area contributed by atoms with E-state index in [4.69, 9.17) is 5.26 Å². The molecule has 4 nitrogen and oxygen atoms in total. The highest BCUT2D eigenvalue weighted by Crippen LogP contribution is 2.39. The summed E-state index contributed by atoms with van der Waals surface area (Å²) >= 11 is 0. The van der Waals surface area contributed by atoms with Gasteiger partial charge in [-0.1, -0.05) is 30.3 Å². The van der Waals surface area contributed by atoms with Gasteiger partial charge in [0.25, 0.3) is 0 Å². The predicted molar refractivity (Wildman–Crippen MR) is 97.0 cm³/mol. The zero-order valence-corrected chi connectivity index (χ0v) is 14.1. The second kappa shape index (κ2) is 7.50. The number of hydrogen-bond acceptors (Lipinski definition) is 3. The quantitative estimate of drug-likeness (QED) is 0.888. The third kappa shape index (κ3) is 4.46. The van der Waals surface area contributed by atoms with Crippen LogP contribution < -0.4 is 5.32 Å². The monoisotopic (exact) mass is 334 g/mol. The summed E-state index contributed by atoms with van der Waals surface area (Å²) in [4.78, 5) is 12.3. The normalized spacial score (nSPS) is 22.8. The third-order valence-corrected chi connectivity index (χ3v) is 4.97. The summed E-state index contributed by atoms with van der Waals surface area (Å²) in [6.45, 7) is 0. The maximum atomic E-state index is 12.3. The molecule has 128 valence electrons. The van der Waals surface area contributed by atoms with E-state index in [0.29, 0.717) is 30.0 Å². The van der Waals surface area contributed by atoms with Crippen LogP contribution in [0.5, 0.6) is 0 Å². The number of nitrogens with zero attached hydrogens (tertiary/aromatic N) is 1. The average Bonchev–Trinajstić information content (AvgIpc) is 2.63. The first kappa shape index (κ1) is 17.2. The van der Waals surface area contributed by atoms with E-state index in [9.17, 15) is 9.90 Å². The smallest absolute Gasteiger partial charge is 0.227 e. The molecule has 0 unspecified atom stereocenters. The molecule has 25 heavy (non-hydrogen) atoms. The molecule has 0 bridgehead atoms. The van der Waals surface area contributed by atoms with Crippen molar-refractivity contribution in [1.82, 2.24) is 0 Å². The maximum absolute atomic E-state index is 12.3. The van der Waals surface area contributed by atoms with E-state index < -0.39 is 5.60 Å². The van der Waals surface area contributed by atoms with Crippen LogP contribution in [-0.2, 0) is 4.79 Å². The van der Waals surface area contributed by atoms with Crippen LogP contribution in [0.1, 0.15) is 49.1 Å². The largest absolute Gasteiger partial charge is 0.389 e. The van der Waals surface area contributed by atoms with Crippen molar-refractivity contribution in [2.24, 2.45) is 0 Å². The zero-order valence-electron chi connectivity index (χ0n) is 14.1. The van der Waals surface area contributed by atoms with E-state index in [0.717, 1.165) is 12.8 Å². The van der Waals surface area contributed by atoms with Crippen LogP contribution >= 0.6 is 0 Å². The molecule has 0 aromatic heterocycles. The maximum Gasteiger partial charge on any atom is 0.227 e. The Bertz CT molecular complexity index is 755. The highest BCUT2D eigenvalue weighted by atomic mass is 16.3. The molecular formula is C21H22N2O2. The lowest BCUT2D eigenvalue weighted by Gasteiger charge is -2.35. The first-order chi connectivity index (χ1) is 12.1. The Balaban J connectivity index is 1.54. The van der Waals surface area contributed by atoms with Crippen LogP contribution in [0.2, 0.25) is 0 Å². The van der Waals surface area contributed by atoms with E-state index in [-0.39, 0.29) is 12.3 Å². The van der Waals surface area contributed by atoms with Gasteiger partial charge in [-0.3, -0.25) is 4.79 Å². The summed E-state index contributed by atoms with van der Waals surface area (Å²) in [6, 6.07) is 19.1. The number of nitrogens with one attached hydrogen (secondary N) is 1. The Morgan fingerprint density at radius 3 is 2.36 bits per heavy atom. The van der Waals surface area contributed by atoms with Gasteiger partial charge in [0.2, 0.25) is 5.91 Å². The van der Waals surface area contributed by atoms with Crippen molar-refractivity contribution >= 4 is 11.6 Å². The lowest BCUT2D eigenvalue weighted by molar-refractivity contribution is -0.122. The molecule has 1 aliphatic rings. The fourth-order valence-corrected chi connectivity index (χ4v) is 3.52. The van der Waals surface area contributed by atoms with Crippen molar-refractivity contribution in [1.29, 1.82) is 5.26 Å². The van der Waals surface area contributed by atoms with E-state index in [1.165, 1.54) is 5.56 Å². The van der Waals surface area contributed by atoms with Crippen molar-refractivity contribution in [3.05, 3.63) is 65.7 Å². The number of benzene rings is 2. The molecule has 1 fully saturated rings. The summed E-state index contributed by atoms with van der Waals surface area (Å²) in [5.74, 6) is 0.272. The van der Waals surface area contributed by atoms with Crippen molar-refractivity contribution in [2.75, 3.05) is 5.32 Å². The van der Waals surface area contributed by atoms with E-state index in [2.05, 4.69) is 17.4 Å². The van der Waals surface area contributed by atoms with Crippen molar-refractivity contribution in [3.63, 3.8) is 0 Å². The molecule has 0 atom stereocenters. The molecule has 4 heteroatoms. The van der Waals surface area contributed by atoms with Gasteiger partial charge in [-0.25, -0.2) is 0 Å². The molecule has 2 N–H and O–H groups in total. The fourth-order valence-electron chi connectivity index (χ4n) is 3.52. The van der Waals surface area contributed by atoms with Gasteiger partial charge in [-0.05, 0) is 61.4 Å². The van der Waals surface area contributed by atoms with E-state index in [1.54, 1.807) is 24.3 Å². The first-order valence-electron chi connectivity index (χ1n) is 8.65. The molecule has 1 amide bonds. The van der Waals surface area contributed by atoms with E-state index >= 15 is 0 Å². The predicted octanol–water partition coefficient (Wildman–Crippen LogP) is 3.98. The van der Waals surface area contributed by atoms with Crippen molar-refractivity contribution in [2.45, 2.75) is 43.6 Å². The van der Waals surface area contributed by atoms with Crippen molar-refractivity contribution in [3.8, 4) is 6.07 Å². The topological polar surface area (TPSA) is 73.1 Å². The minimum absolute atomic E-state index is 0.106.